The maximum atomic E-state index is 11.9. The van der Waals surface area contributed by atoms with Gasteiger partial charge < -0.3 is 5.32 Å². The van der Waals surface area contributed by atoms with Gasteiger partial charge in [-0.3, -0.25) is 4.79 Å². The fraction of sp³-hybridized carbons (Fsp3) is 0.0714. The van der Waals surface area contributed by atoms with Crippen molar-refractivity contribution in [2.24, 2.45) is 0 Å². The molecule has 0 saturated heterocycles. The number of carbonyl (C=O) groups excluding carboxylic acids is 1. The third-order valence-corrected chi connectivity index (χ3v) is 2.81. The van der Waals surface area contributed by atoms with Crippen LogP contribution in [0.25, 0.3) is 0 Å². The molecule has 0 fully saturated rings. The highest BCUT2D eigenvalue weighted by Crippen LogP contribution is 2.17. The van der Waals surface area contributed by atoms with Gasteiger partial charge in [-0.15, -0.1) is 0 Å². The number of thiol groups is 1. The minimum atomic E-state index is -0.0974. The van der Waals surface area contributed by atoms with E-state index in [0.29, 0.717) is 11.3 Å². The lowest BCUT2D eigenvalue weighted by Gasteiger charge is -2.09. The molecule has 0 spiro atoms. The van der Waals surface area contributed by atoms with E-state index in [9.17, 15) is 4.79 Å². The van der Waals surface area contributed by atoms with Crippen molar-refractivity contribution in [3.63, 3.8) is 0 Å². The highest BCUT2D eigenvalue weighted by Gasteiger charge is 2.07. The molecule has 0 aliphatic heterocycles. The van der Waals surface area contributed by atoms with Crippen molar-refractivity contribution in [1.29, 1.82) is 0 Å². The summed E-state index contributed by atoms with van der Waals surface area (Å²) in [6, 6.07) is 16.8. The molecule has 0 atom stereocenters. The SMILES string of the molecule is O=C(Nc1ccccc1CS)c1ccccc1. The first-order valence-electron chi connectivity index (χ1n) is 5.36. The summed E-state index contributed by atoms with van der Waals surface area (Å²) < 4.78 is 0. The molecule has 2 nitrogen and oxygen atoms in total. The fourth-order valence-electron chi connectivity index (χ4n) is 1.56. The number of hydrogen-bond donors (Lipinski definition) is 2. The van der Waals surface area contributed by atoms with Crippen LogP contribution in [0.15, 0.2) is 54.6 Å². The van der Waals surface area contributed by atoms with Gasteiger partial charge in [0.1, 0.15) is 0 Å². The van der Waals surface area contributed by atoms with Gasteiger partial charge >= 0.3 is 0 Å². The number of benzene rings is 2. The summed E-state index contributed by atoms with van der Waals surface area (Å²) in [5.41, 5.74) is 2.48. The van der Waals surface area contributed by atoms with Crippen molar-refractivity contribution in [2.45, 2.75) is 5.75 Å². The first kappa shape index (κ1) is 11.7. The largest absolute Gasteiger partial charge is 0.322 e. The van der Waals surface area contributed by atoms with Crippen LogP contribution in [0, 0.1) is 0 Å². The van der Waals surface area contributed by atoms with E-state index in [1.54, 1.807) is 12.1 Å². The predicted molar refractivity (Wildman–Crippen MR) is 73.5 cm³/mol. The van der Waals surface area contributed by atoms with Gasteiger partial charge in [-0.1, -0.05) is 36.4 Å². The van der Waals surface area contributed by atoms with Crippen LogP contribution in [0.2, 0.25) is 0 Å². The fourth-order valence-corrected chi connectivity index (χ4v) is 1.84. The molecule has 2 aromatic rings. The molecule has 0 aliphatic rings. The standard InChI is InChI=1S/C14H13NOS/c16-14(11-6-2-1-3-7-11)15-13-9-5-4-8-12(13)10-17/h1-9,17H,10H2,(H,15,16). The van der Waals surface area contributed by atoms with Gasteiger partial charge in [0.05, 0.1) is 0 Å². The van der Waals surface area contributed by atoms with Gasteiger partial charge in [0, 0.05) is 17.0 Å². The summed E-state index contributed by atoms with van der Waals surface area (Å²) in [7, 11) is 0. The molecular weight excluding hydrogens is 230 g/mol. The molecule has 0 saturated carbocycles. The Morgan fingerprint density at radius 1 is 1.00 bits per heavy atom. The van der Waals surface area contributed by atoms with Gasteiger partial charge in [-0.05, 0) is 23.8 Å². The van der Waals surface area contributed by atoms with Crippen molar-refractivity contribution in [3.8, 4) is 0 Å². The van der Waals surface area contributed by atoms with Gasteiger partial charge in [0.15, 0.2) is 0 Å². The highest BCUT2D eigenvalue weighted by molar-refractivity contribution is 7.79. The van der Waals surface area contributed by atoms with Crippen LogP contribution in [0.3, 0.4) is 0 Å². The lowest BCUT2D eigenvalue weighted by Crippen LogP contribution is -2.12. The molecule has 3 heteroatoms. The monoisotopic (exact) mass is 243 g/mol. The van der Waals surface area contributed by atoms with E-state index in [1.165, 1.54) is 0 Å². The van der Waals surface area contributed by atoms with E-state index in [2.05, 4.69) is 17.9 Å². The Hall–Kier alpha value is -1.74. The summed E-state index contributed by atoms with van der Waals surface area (Å²) in [5, 5.41) is 2.89. The van der Waals surface area contributed by atoms with Gasteiger partial charge in [-0.25, -0.2) is 0 Å². The number of hydrogen-bond acceptors (Lipinski definition) is 2. The second kappa shape index (κ2) is 5.55. The molecule has 0 aromatic heterocycles. The zero-order chi connectivity index (χ0) is 12.1. The molecule has 0 bridgehead atoms. The van der Waals surface area contributed by atoms with Crippen molar-refractivity contribution >= 4 is 24.2 Å². The molecule has 0 unspecified atom stereocenters. The molecule has 86 valence electrons. The Bertz CT molecular complexity index is 511. The molecule has 1 amide bonds. The molecule has 0 radical (unpaired) electrons. The molecule has 0 aliphatic carbocycles. The van der Waals surface area contributed by atoms with Crippen molar-refractivity contribution in [2.75, 3.05) is 5.32 Å². The Morgan fingerprint density at radius 3 is 2.35 bits per heavy atom. The topological polar surface area (TPSA) is 29.1 Å². The number of para-hydroxylation sites is 1. The molecule has 0 heterocycles. The molecule has 17 heavy (non-hydrogen) atoms. The average molecular weight is 243 g/mol. The molecule has 1 N–H and O–H groups in total. The van der Waals surface area contributed by atoms with Crippen molar-refractivity contribution < 1.29 is 4.79 Å². The van der Waals surface area contributed by atoms with Crippen LogP contribution in [0.4, 0.5) is 5.69 Å². The third-order valence-electron chi connectivity index (χ3n) is 2.47. The van der Waals surface area contributed by atoms with E-state index in [4.69, 9.17) is 0 Å². The smallest absolute Gasteiger partial charge is 0.255 e. The van der Waals surface area contributed by atoms with E-state index >= 15 is 0 Å². The second-order valence-electron chi connectivity index (χ2n) is 3.64. The second-order valence-corrected chi connectivity index (χ2v) is 3.95. The van der Waals surface area contributed by atoms with E-state index < -0.39 is 0 Å². The van der Waals surface area contributed by atoms with Crippen LogP contribution >= 0.6 is 12.6 Å². The number of anilines is 1. The lowest BCUT2D eigenvalue weighted by atomic mass is 10.1. The Labute approximate surface area is 106 Å². The normalized spacial score (nSPS) is 9.94. The zero-order valence-corrected chi connectivity index (χ0v) is 10.2. The van der Waals surface area contributed by atoms with E-state index in [0.717, 1.165) is 11.3 Å². The summed E-state index contributed by atoms with van der Waals surface area (Å²) in [6.45, 7) is 0. The van der Waals surface area contributed by atoms with Crippen LogP contribution in [-0.4, -0.2) is 5.91 Å². The van der Waals surface area contributed by atoms with Crippen LogP contribution in [-0.2, 0) is 5.75 Å². The van der Waals surface area contributed by atoms with Crippen LogP contribution in [0.1, 0.15) is 15.9 Å². The Kier molecular flexibility index (Phi) is 3.83. The summed E-state index contributed by atoms with van der Waals surface area (Å²) in [4.78, 5) is 11.9. The zero-order valence-electron chi connectivity index (χ0n) is 9.26. The molecule has 2 rings (SSSR count). The first-order valence-corrected chi connectivity index (χ1v) is 5.99. The Morgan fingerprint density at radius 2 is 1.65 bits per heavy atom. The predicted octanol–water partition coefficient (Wildman–Crippen LogP) is 3.37. The van der Waals surface area contributed by atoms with Gasteiger partial charge in [0.2, 0.25) is 0 Å². The number of amides is 1. The van der Waals surface area contributed by atoms with E-state index in [1.807, 2.05) is 42.5 Å². The quantitative estimate of drug-likeness (QED) is 0.795. The highest BCUT2D eigenvalue weighted by atomic mass is 32.1. The van der Waals surface area contributed by atoms with Crippen LogP contribution in [0.5, 0.6) is 0 Å². The maximum Gasteiger partial charge on any atom is 0.255 e. The summed E-state index contributed by atoms with van der Waals surface area (Å²) >= 11 is 4.24. The summed E-state index contributed by atoms with van der Waals surface area (Å²) in [5.74, 6) is 0.505. The van der Waals surface area contributed by atoms with Crippen molar-refractivity contribution in [1.82, 2.24) is 0 Å². The number of nitrogens with one attached hydrogen (secondary N) is 1. The molecule has 2 aromatic carbocycles. The minimum Gasteiger partial charge on any atom is -0.322 e. The van der Waals surface area contributed by atoms with Gasteiger partial charge in [0.25, 0.3) is 5.91 Å². The summed E-state index contributed by atoms with van der Waals surface area (Å²) in [6.07, 6.45) is 0. The van der Waals surface area contributed by atoms with Crippen LogP contribution < -0.4 is 5.32 Å². The average Bonchev–Trinajstić information content (AvgIpc) is 2.40. The first-order chi connectivity index (χ1) is 8.31. The third kappa shape index (κ3) is 2.88. The Balaban J connectivity index is 2.19. The van der Waals surface area contributed by atoms with Gasteiger partial charge in [-0.2, -0.15) is 12.6 Å². The maximum absolute atomic E-state index is 11.9. The lowest BCUT2D eigenvalue weighted by molar-refractivity contribution is 0.102. The minimum absolute atomic E-state index is 0.0974. The van der Waals surface area contributed by atoms with E-state index in [-0.39, 0.29) is 5.91 Å². The number of carbonyl (C=O) groups is 1. The number of rotatable bonds is 3. The van der Waals surface area contributed by atoms with Crippen molar-refractivity contribution in [3.05, 3.63) is 65.7 Å². The molecular formula is C14H13NOS.